The van der Waals surface area contributed by atoms with Gasteiger partial charge in [-0.15, -0.1) is 0 Å². The fourth-order valence-corrected chi connectivity index (χ4v) is 3.67. The van der Waals surface area contributed by atoms with E-state index in [4.69, 9.17) is 0 Å². The minimum atomic E-state index is -3.89. The van der Waals surface area contributed by atoms with E-state index in [1.54, 1.807) is 48.5 Å². The number of anilines is 3. The molecule has 7 nitrogen and oxygen atoms in total. The Morgan fingerprint density at radius 1 is 0.724 bits per heavy atom. The van der Waals surface area contributed by atoms with Crippen LogP contribution in [-0.4, -0.2) is 20.2 Å². The third kappa shape index (κ3) is 5.43. The quantitative estimate of drug-likeness (QED) is 0.527. The molecule has 3 aromatic rings. The number of nitrogens with one attached hydrogen (secondary N) is 3. The molecule has 0 radical (unpaired) electrons. The van der Waals surface area contributed by atoms with Gasteiger partial charge in [-0.3, -0.25) is 9.52 Å². The molecule has 0 aliphatic rings. The van der Waals surface area contributed by atoms with Crippen LogP contribution in [0.1, 0.15) is 17.3 Å². The minimum Gasteiger partial charge on any atom is -0.308 e. The van der Waals surface area contributed by atoms with Gasteiger partial charge in [0, 0.05) is 16.9 Å². The molecule has 0 heterocycles. The SMILES string of the molecule is CC(=O)c1cccc(S(=O)(=O)Nc2cccc(NC(=O)Nc3ccccc3)c2)c1. The van der Waals surface area contributed by atoms with Gasteiger partial charge in [-0.1, -0.05) is 36.4 Å². The second kappa shape index (κ2) is 8.57. The fourth-order valence-electron chi connectivity index (χ4n) is 2.57. The summed E-state index contributed by atoms with van der Waals surface area (Å²) < 4.78 is 27.7. The monoisotopic (exact) mass is 409 g/mol. The van der Waals surface area contributed by atoms with E-state index in [-0.39, 0.29) is 16.4 Å². The van der Waals surface area contributed by atoms with Gasteiger partial charge in [0.25, 0.3) is 10.0 Å². The Labute approximate surface area is 168 Å². The molecule has 148 valence electrons. The number of para-hydroxylation sites is 1. The van der Waals surface area contributed by atoms with Gasteiger partial charge < -0.3 is 10.6 Å². The highest BCUT2D eigenvalue weighted by atomic mass is 32.2. The van der Waals surface area contributed by atoms with Crippen LogP contribution in [0.5, 0.6) is 0 Å². The van der Waals surface area contributed by atoms with Crippen LogP contribution in [-0.2, 0) is 10.0 Å². The van der Waals surface area contributed by atoms with Crippen molar-refractivity contribution in [3.8, 4) is 0 Å². The Kier molecular flexibility index (Phi) is 5.94. The van der Waals surface area contributed by atoms with Gasteiger partial charge in [0.1, 0.15) is 0 Å². The summed E-state index contributed by atoms with van der Waals surface area (Å²) in [6.45, 7) is 1.37. The van der Waals surface area contributed by atoms with Crippen LogP contribution in [0.25, 0.3) is 0 Å². The lowest BCUT2D eigenvalue weighted by molar-refractivity contribution is 0.101. The van der Waals surface area contributed by atoms with Gasteiger partial charge >= 0.3 is 6.03 Å². The topological polar surface area (TPSA) is 104 Å². The molecule has 0 aromatic heterocycles. The van der Waals surface area contributed by atoms with E-state index in [2.05, 4.69) is 15.4 Å². The molecule has 3 N–H and O–H groups in total. The van der Waals surface area contributed by atoms with Gasteiger partial charge in [0.15, 0.2) is 5.78 Å². The summed E-state index contributed by atoms with van der Waals surface area (Å²) in [4.78, 5) is 23.6. The number of hydrogen-bond donors (Lipinski definition) is 3. The molecule has 0 fully saturated rings. The maximum atomic E-state index is 12.6. The zero-order valence-corrected chi connectivity index (χ0v) is 16.4. The van der Waals surface area contributed by atoms with Crippen LogP contribution >= 0.6 is 0 Å². The highest BCUT2D eigenvalue weighted by Gasteiger charge is 2.16. The molecular weight excluding hydrogens is 390 g/mol. The predicted octanol–water partition coefficient (Wildman–Crippen LogP) is 4.33. The Bertz CT molecular complexity index is 1150. The molecule has 0 unspecified atom stereocenters. The van der Waals surface area contributed by atoms with Crippen molar-refractivity contribution >= 4 is 38.9 Å². The third-order valence-corrected chi connectivity index (χ3v) is 5.33. The molecule has 0 atom stereocenters. The highest BCUT2D eigenvalue weighted by molar-refractivity contribution is 7.92. The van der Waals surface area contributed by atoms with Crippen LogP contribution in [0.4, 0.5) is 21.9 Å². The molecular formula is C21H19N3O4S. The van der Waals surface area contributed by atoms with E-state index in [1.165, 1.54) is 31.2 Å². The first kappa shape index (κ1) is 20.1. The van der Waals surface area contributed by atoms with E-state index < -0.39 is 16.1 Å². The summed E-state index contributed by atoms with van der Waals surface area (Å²) >= 11 is 0. The smallest absolute Gasteiger partial charge is 0.308 e. The van der Waals surface area contributed by atoms with Gasteiger partial charge in [-0.2, -0.15) is 0 Å². The Balaban J connectivity index is 1.73. The first-order chi connectivity index (χ1) is 13.8. The van der Waals surface area contributed by atoms with E-state index in [0.717, 1.165) is 0 Å². The molecule has 3 rings (SSSR count). The number of Topliss-reactive ketones (excluding diaryl/α,β-unsaturated/α-hetero) is 1. The van der Waals surface area contributed by atoms with Crippen molar-refractivity contribution in [2.24, 2.45) is 0 Å². The van der Waals surface area contributed by atoms with E-state index in [1.807, 2.05) is 6.07 Å². The van der Waals surface area contributed by atoms with E-state index in [0.29, 0.717) is 16.9 Å². The predicted molar refractivity (Wildman–Crippen MR) is 113 cm³/mol. The van der Waals surface area contributed by atoms with Crippen molar-refractivity contribution in [1.29, 1.82) is 0 Å². The average Bonchev–Trinajstić information content (AvgIpc) is 2.68. The average molecular weight is 409 g/mol. The molecule has 2 amide bonds. The minimum absolute atomic E-state index is 0.0228. The summed E-state index contributed by atoms with van der Waals surface area (Å²) in [5.41, 5.74) is 1.62. The molecule has 0 spiro atoms. The van der Waals surface area contributed by atoms with Crippen LogP contribution in [0.2, 0.25) is 0 Å². The van der Waals surface area contributed by atoms with Gasteiger partial charge in [-0.05, 0) is 49.4 Å². The van der Waals surface area contributed by atoms with Crippen LogP contribution in [0.3, 0.4) is 0 Å². The van der Waals surface area contributed by atoms with Crippen molar-refractivity contribution in [1.82, 2.24) is 0 Å². The van der Waals surface area contributed by atoms with Crippen LogP contribution < -0.4 is 15.4 Å². The second-order valence-electron chi connectivity index (χ2n) is 6.22. The maximum Gasteiger partial charge on any atom is 0.323 e. The largest absolute Gasteiger partial charge is 0.323 e. The summed E-state index contributed by atoms with van der Waals surface area (Å²) in [5.74, 6) is -0.224. The van der Waals surface area contributed by atoms with Crippen molar-refractivity contribution in [2.75, 3.05) is 15.4 Å². The zero-order valence-electron chi connectivity index (χ0n) is 15.5. The Hall–Kier alpha value is -3.65. The van der Waals surface area contributed by atoms with Gasteiger partial charge in [0.2, 0.25) is 0 Å². The standard InChI is InChI=1S/C21H19N3O4S/c1-15(25)16-7-5-12-20(13-16)29(27,28)24-19-11-6-10-18(14-19)23-21(26)22-17-8-3-2-4-9-17/h2-14,24H,1H3,(H2,22,23,26). The number of rotatable bonds is 6. The van der Waals surface area contributed by atoms with Crippen molar-refractivity contribution in [2.45, 2.75) is 11.8 Å². The molecule has 8 heteroatoms. The van der Waals surface area contributed by atoms with E-state index >= 15 is 0 Å². The highest BCUT2D eigenvalue weighted by Crippen LogP contribution is 2.20. The fraction of sp³-hybridized carbons (Fsp3) is 0.0476. The number of carbonyl (C=O) groups excluding carboxylic acids is 2. The van der Waals surface area contributed by atoms with Gasteiger partial charge in [0.05, 0.1) is 10.6 Å². The number of carbonyl (C=O) groups is 2. The second-order valence-corrected chi connectivity index (χ2v) is 7.90. The molecule has 0 saturated heterocycles. The molecule has 3 aromatic carbocycles. The number of sulfonamides is 1. The third-order valence-electron chi connectivity index (χ3n) is 3.96. The van der Waals surface area contributed by atoms with Crippen molar-refractivity contribution in [3.63, 3.8) is 0 Å². The number of hydrogen-bond acceptors (Lipinski definition) is 4. The lowest BCUT2D eigenvalue weighted by Crippen LogP contribution is -2.19. The first-order valence-electron chi connectivity index (χ1n) is 8.70. The summed E-state index contributed by atoms with van der Waals surface area (Å²) in [7, 11) is -3.89. The van der Waals surface area contributed by atoms with Crippen LogP contribution in [0.15, 0.2) is 83.8 Å². The normalized spacial score (nSPS) is 10.8. The maximum absolute atomic E-state index is 12.6. The number of benzene rings is 3. The van der Waals surface area contributed by atoms with Crippen molar-refractivity contribution in [3.05, 3.63) is 84.4 Å². The Morgan fingerprint density at radius 2 is 1.34 bits per heavy atom. The summed E-state index contributed by atoms with van der Waals surface area (Å²) in [6.07, 6.45) is 0. The molecule has 0 saturated carbocycles. The van der Waals surface area contributed by atoms with Crippen molar-refractivity contribution < 1.29 is 18.0 Å². The zero-order chi connectivity index (χ0) is 20.9. The molecule has 0 bridgehead atoms. The number of urea groups is 1. The van der Waals surface area contributed by atoms with Crippen LogP contribution in [0, 0.1) is 0 Å². The molecule has 0 aliphatic carbocycles. The lowest BCUT2D eigenvalue weighted by Gasteiger charge is -2.11. The first-order valence-corrected chi connectivity index (χ1v) is 10.2. The van der Waals surface area contributed by atoms with Gasteiger partial charge in [-0.25, -0.2) is 13.2 Å². The van der Waals surface area contributed by atoms with E-state index in [9.17, 15) is 18.0 Å². The lowest BCUT2D eigenvalue weighted by atomic mass is 10.2. The number of ketones is 1. The summed E-state index contributed by atoms with van der Waals surface area (Å²) in [5, 5.41) is 5.33. The molecule has 0 aliphatic heterocycles. The Morgan fingerprint density at radius 3 is 2.07 bits per heavy atom. The number of amides is 2. The molecule has 29 heavy (non-hydrogen) atoms. The summed E-state index contributed by atoms with van der Waals surface area (Å²) in [6, 6.07) is 20.6.